The summed E-state index contributed by atoms with van der Waals surface area (Å²) in [6, 6.07) is 8.84. The SMILES string of the molecule is Cn1cncc1C(N)C1=Cc2cccnc2C(O)(C2CCN(C(=O)OC(C)(C)C)CC2)c2ccc(Cl)cc21. The first-order valence-electron chi connectivity index (χ1n) is 12.9. The predicted molar refractivity (Wildman–Crippen MR) is 147 cm³/mol. The average molecular weight is 536 g/mol. The predicted octanol–water partition coefficient (Wildman–Crippen LogP) is 4.91. The summed E-state index contributed by atoms with van der Waals surface area (Å²) in [6.07, 6.45) is 8.01. The topological polar surface area (TPSA) is 107 Å². The molecule has 1 aromatic carbocycles. The van der Waals surface area contributed by atoms with E-state index < -0.39 is 17.2 Å². The zero-order chi connectivity index (χ0) is 27.2. The van der Waals surface area contributed by atoms with Crippen LogP contribution in [-0.2, 0) is 17.4 Å². The van der Waals surface area contributed by atoms with Crippen LogP contribution in [0, 0.1) is 5.92 Å². The Morgan fingerprint density at radius 3 is 2.66 bits per heavy atom. The number of likely N-dealkylation sites (tertiary alicyclic amines) is 1. The van der Waals surface area contributed by atoms with Gasteiger partial charge in [0.1, 0.15) is 11.2 Å². The number of hydrogen-bond donors (Lipinski definition) is 2. The number of ether oxygens (including phenoxy) is 1. The Hall–Kier alpha value is -3.20. The summed E-state index contributed by atoms with van der Waals surface area (Å²) in [5, 5.41) is 13.3. The van der Waals surface area contributed by atoms with Gasteiger partial charge >= 0.3 is 6.09 Å². The number of hydrogen-bond acceptors (Lipinski definition) is 6. The van der Waals surface area contributed by atoms with Crippen molar-refractivity contribution in [3.05, 3.63) is 82.2 Å². The number of aromatic nitrogens is 3. The molecule has 9 heteroatoms. The fraction of sp³-hybridized carbons (Fsp3) is 0.414. The largest absolute Gasteiger partial charge is 0.444 e. The number of amides is 1. The molecule has 1 amide bonds. The first-order valence-corrected chi connectivity index (χ1v) is 13.3. The summed E-state index contributed by atoms with van der Waals surface area (Å²) in [4.78, 5) is 23.4. The van der Waals surface area contributed by atoms with Crippen molar-refractivity contribution in [3.63, 3.8) is 0 Å². The number of rotatable bonds is 3. The monoisotopic (exact) mass is 535 g/mol. The van der Waals surface area contributed by atoms with Crippen LogP contribution >= 0.6 is 11.6 Å². The number of nitrogens with zero attached hydrogens (tertiary/aromatic N) is 4. The van der Waals surface area contributed by atoms with Crippen LogP contribution in [0.4, 0.5) is 4.79 Å². The van der Waals surface area contributed by atoms with E-state index in [1.807, 2.05) is 62.7 Å². The highest BCUT2D eigenvalue weighted by Crippen LogP contribution is 2.49. The van der Waals surface area contributed by atoms with E-state index in [1.165, 1.54) is 0 Å². The van der Waals surface area contributed by atoms with Gasteiger partial charge in [-0.1, -0.05) is 23.7 Å². The van der Waals surface area contributed by atoms with E-state index in [0.29, 0.717) is 42.2 Å². The Morgan fingerprint density at radius 2 is 2.00 bits per heavy atom. The maximum atomic E-state index is 12.7. The van der Waals surface area contributed by atoms with Gasteiger partial charge in [0.2, 0.25) is 0 Å². The lowest BCUT2D eigenvalue weighted by atomic mass is 9.72. The molecule has 5 rings (SSSR count). The smallest absolute Gasteiger partial charge is 0.410 e. The molecule has 1 aliphatic carbocycles. The summed E-state index contributed by atoms with van der Waals surface area (Å²) < 4.78 is 7.47. The molecule has 0 bridgehead atoms. The van der Waals surface area contributed by atoms with Gasteiger partial charge in [-0.05, 0) is 80.2 Å². The minimum atomic E-state index is -1.42. The third-order valence-electron chi connectivity index (χ3n) is 7.46. The first kappa shape index (κ1) is 26.4. The summed E-state index contributed by atoms with van der Waals surface area (Å²) >= 11 is 6.51. The molecule has 200 valence electrons. The molecule has 0 saturated carbocycles. The van der Waals surface area contributed by atoms with Crippen LogP contribution in [0.25, 0.3) is 11.6 Å². The van der Waals surface area contributed by atoms with Gasteiger partial charge in [0.25, 0.3) is 0 Å². The number of aryl methyl sites for hydroxylation is 1. The zero-order valence-electron chi connectivity index (χ0n) is 22.2. The molecule has 8 nitrogen and oxygen atoms in total. The van der Waals surface area contributed by atoms with Crippen LogP contribution in [0.1, 0.15) is 67.7 Å². The van der Waals surface area contributed by atoms with Gasteiger partial charge < -0.3 is 25.0 Å². The van der Waals surface area contributed by atoms with Crippen molar-refractivity contribution in [1.82, 2.24) is 19.4 Å². The molecule has 2 atom stereocenters. The van der Waals surface area contributed by atoms with Crippen molar-refractivity contribution in [2.24, 2.45) is 18.7 Å². The lowest BCUT2D eigenvalue weighted by molar-refractivity contribution is -0.0262. The fourth-order valence-corrected chi connectivity index (χ4v) is 5.79. The fourth-order valence-electron chi connectivity index (χ4n) is 5.62. The van der Waals surface area contributed by atoms with Crippen molar-refractivity contribution in [2.75, 3.05) is 13.1 Å². The standard InChI is InChI=1S/C29H34ClN5O3/c1-28(2,3)38-27(36)35-12-9-19(10-13-35)29(37)23-8-7-20(30)15-21(23)22(14-18-6-5-11-33-26(18)29)25(31)24-16-32-17-34(24)4/h5-8,11,14-17,19,25,37H,9-10,12-13,31H2,1-4H3. The van der Waals surface area contributed by atoms with Gasteiger partial charge in [-0.3, -0.25) is 4.98 Å². The van der Waals surface area contributed by atoms with Crippen LogP contribution in [-0.4, -0.2) is 49.3 Å². The third-order valence-corrected chi connectivity index (χ3v) is 7.69. The van der Waals surface area contributed by atoms with E-state index in [9.17, 15) is 9.90 Å². The molecule has 38 heavy (non-hydrogen) atoms. The second kappa shape index (κ2) is 9.84. The molecule has 1 fully saturated rings. The average Bonchev–Trinajstić information content (AvgIpc) is 3.27. The van der Waals surface area contributed by atoms with Crippen LogP contribution in [0.15, 0.2) is 49.1 Å². The molecule has 0 spiro atoms. The number of piperidine rings is 1. The van der Waals surface area contributed by atoms with Gasteiger partial charge in [0.15, 0.2) is 0 Å². The van der Waals surface area contributed by atoms with E-state index in [2.05, 4.69) is 4.98 Å². The Balaban J connectivity index is 1.58. The lowest BCUT2D eigenvalue weighted by Gasteiger charge is -2.42. The van der Waals surface area contributed by atoms with Crippen LogP contribution < -0.4 is 5.73 Å². The minimum Gasteiger partial charge on any atom is -0.444 e. The van der Waals surface area contributed by atoms with Crippen molar-refractivity contribution < 1.29 is 14.6 Å². The highest BCUT2D eigenvalue weighted by atomic mass is 35.5. The Morgan fingerprint density at radius 1 is 1.26 bits per heavy atom. The number of halogens is 1. The van der Waals surface area contributed by atoms with Crippen molar-refractivity contribution in [1.29, 1.82) is 0 Å². The number of carbonyl (C=O) groups is 1. The Labute approximate surface area is 228 Å². The minimum absolute atomic E-state index is 0.199. The summed E-state index contributed by atoms with van der Waals surface area (Å²) in [5.41, 5.74) is 9.38. The van der Waals surface area contributed by atoms with E-state index >= 15 is 0 Å². The second-order valence-corrected chi connectivity index (χ2v) is 11.6. The highest BCUT2D eigenvalue weighted by molar-refractivity contribution is 6.30. The molecule has 3 heterocycles. The number of fused-ring (bicyclic) bond motifs is 2. The van der Waals surface area contributed by atoms with E-state index in [4.69, 9.17) is 27.1 Å². The number of benzene rings is 1. The quantitative estimate of drug-likeness (QED) is 0.494. The molecule has 3 N–H and O–H groups in total. The molecule has 2 aromatic heterocycles. The van der Waals surface area contributed by atoms with E-state index in [1.54, 1.807) is 29.7 Å². The van der Waals surface area contributed by atoms with Gasteiger partial charge in [-0.25, -0.2) is 9.78 Å². The van der Waals surface area contributed by atoms with Crippen molar-refractivity contribution >= 4 is 29.3 Å². The van der Waals surface area contributed by atoms with Crippen molar-refractivity contribution in [3.8, 4) is 0 Å². The molecule has 2 aliphatic rings. The Kier molecular flexibility index (Phi) is 6.84. The number of aliphatic hydroxyl groups is 1. The number of pyridine rings is 1. The second-order valence-electron chi connectivity index (χ2n) is 11.1. The number of carbonyl (C=O) groups excluding carboxylic acids is 1. The van der Waals surface area contributed by atoms with Crippen molar-refractivity contribution in [2.45, 2.75) is 50.9 Å². The van der Waals surface area contributed by atoms with Gasteiger partial charge in [0.05, 0.1) is 30.0 Å². The third kappa shape index (κ3) is 4.72. The molecule has 3 aromatic rings. The molecule has 1 aliphatic heterocycles. The maximum absolute atomic E-state index is 12.7. The maximum Gasteiger partial charge on any atom is 0.410 e. The highest BCUT2D eigenvalue weighted by Gasteiger charge is 2.47. The van der Waals surface area contributed by atoms with Crippen LogP contribution in [0.2, 0.25) is 5.02 Å². The normalized spacial score (nSPS) is 20.7. The van der Waals surface area contributed by atoms with Gasteiger partial charge in [-0.2, -0.15) is 0 Å². The van der Waals surface area contributed by atoms with E-state index in [-0.39, 0.29) is 12.0 Å². The first-order chi connectivity index (χ1) is 18.0. The summed E-state index contributed by atoms with van der Waals surface area (Å²) in [6.45, 7) is 6.52. The van der Waals surface area contributed by atoms with Crippen LogP contribution in [0.5, 0.6) is 0 Å². The molecule has 0 radical (unpaired) electrons. The molecular weight excluding hydrogens is 502 g/mol. The molecule has 2 unspecified atom stereocenters. The number of imidazole rings is 1. The zero-order valence-corrected chi connectivity index (χ0v) is 22.9. The summed E-state index contributed by atoms with van der Waals surface area (Å²) in [7, 11) is 1.91. The molecular formula is C29H34ClN5O3. The summed E-state index contributed by atoms with van der Waals surface area (Å²) in [5.74, 6) is -0.199. The Bertz CT molecular complexity index is 1390. The lowest BCUT2D eigenvalue weighted by Crippen LogP contribution is -2.47. The van der Waals surface area contributed by atoms with E-state index in [0.717, 1.165) is 22.4 Å². The van der Waals surface area contributed by atoms with Gasteiger partial charge in [-0.15, -0.1) is 0 Å². The molecule has 1 saturated heterocycles. The van der Waals surface area contributed by atoms with Crippen LogP contribution in [0.3, 0.4) is 0 Å². The van der Waals surface area contributed by atoms with Gasteiger partial charge in [0, 0.05) is 37.3 Å². The number of nitrogens with two attached hydrogens (primary N) is 1.